The summed E-state index contributed by atoms with van der Waals surface area (Å²) < 4.78 is 11.3. The standard InChI is InChI=1S/C27H19NO3/c29-27-25(28-26(31-27)23-14-13-21-10-4-5-11-22(21)17-23)16-20-9-6-12-24(15-20)30-18-19-7-2-1-3-8-19/h1-17H,18H2. The van der Waals surface area contributed by atoms with Gasteiger partial charge in [-0.05, 0) is 52.2 Å². The number of nitrogens with zero attached hydrogens (tertiary/aromatic N) is 1. The highest BCUT2D eigenvalue weighted by Gasteiger charge is 2.24. The molecule has 1 heterocycles. The van der Waals surface area contributed by atoms with Crippen LogP contribution in [0.15, 0.2) is 108 Å². The number of fused-ring (bicyclic) bond motifs is 1. The smallest absolute Gasteiger partial charge is 0.363 e. The zero-order chi connectivity index (χ0) is 21.0. The number of cyclic esters (lactones) is 1. The molecule has 4 aromatic carbocycles. The fourth-order valence-electron chi connectivity index (χ4n) is 3.45. The zero-order valence-corrected chi connectivity index (χ0v) is 16.7. The van der Waals surface area contributed by atoms with Crippen LogP contribution in [0.5, 0.6) is 5.75 Å². The first kappa shape index (κ1) is 18.8. The Morgan fingerprint density at radius 1 is 0.806 bits per heavy atom. The third kappa shape index (κ3) is 4.23. The first-order valence-corrected chi connectivity index (χ1v) is 10.0. The highest BCUT2D eigenvalue weighted by molar-refractivity contribution is 6.13. The van der Waals surface area contributed by atoms with Crippen molar-refractivity contribution in [1.29, 1.82) is 0 Å². The van der Waals surface area contributed by atoms with Crippen molar-refractivity contribution in [3.8, 4) is 5.75 Å². The molecule has 0 N–H and O–H groups in total. The molecule has 4 heteroatoms. The second kappa shape index (κ2) is 8.28. The topological polar surface area (TPSA) is 47.9 Å². The van der Waals surface area contributed by atoms with Crippen molar-refractivity contribution in [2.24, 2.45) is 4.99 Å². The second-order valence-electron chi connectivity index (χ2n) is 7.24. The van der Waals surface area contributed by atoms with Crippen LogP contribution < -0.4 is 4.74 Å². The van der Waals surface area contributed by atoms with Crippen molar-refractivity contribution in [3.63, 3.8) is 0 Å². The van der Waals surface area contributed by atoms with Gasteiger partial charge < -0.3 is 9.47 Å². The molecule has 1 aliphatic heterocycles. The van der Waals surface area contributed by atoms with Crippen molar-refractivity contribution in [2.45, 2.75) is 6.61 Å². The van der Waals surface area contributed by atoms with Crippen LogP contribution in [0.4, 0.5) is 0 Å². The zero-order valence-electron chi connectivity index (χ0n) is 16.7. The van der Waals surface area contributed by atoms with Gasteiger partial charge in [0, 0.05) is 5.56 Å². The van der Waals surface area contributed by atoms with Crippen molar-refractivity contribution < 1.29 is 14.3 Å². The van der Waals surface area contributed by atoms with E-state index in [4.69, 9.17) is 9.47 Å². The molecule has 0 atom stereocenters. The predicted octanol–water partition coefficient (Wildman–Crippen LogP) is 5.76. The number of carbonyl (C=O) groups is 1. The number of rotatable bonds is 5. The van der Waals surface area contributed by atoms with E-state index in [0.717, 1.165) is 33.2 Å². The van der Waals surface area contributed by atoms with Gasteiger partial charge in [-0.15, -0.1) is 0 Å². The van der Waals surface area contributed by atoms with Crippen LogP contribution in [0.25, 0.3) is 16.8 Å². The van der Waals surface area contributed by atoms with Crippen molar-refractivity contribution in [1.82, 2.24) is 0 Å². The van der Waals surface area contributed by atoms with Crippen LogP contribution in [0.2, 0.25) is 0 Å². The van der Waals surface area contributed by atoms with Crippen LogP contribution in [-0.4, -0.2) is 11.9 Å². The predicted molar refractivity (Wildman–Crippen MR) is 122 cm³/mol. The van der Waals surface area contributed by atoms with E-state index in [-0.39, 0.29) is 5.70 Å². The molecule has 5 rings (SSSR count). The highest BCUT2D eigenvalue weighted by Crippen LogP contribution is 2.23. The number of hydrogen-bond acceptors (Lipinski definition) is 4. The van der Waals surface area contributed by atoms with Crippen LogP contribution in [0, 0.1) is 0 Å². The minimum absolute atomic E-state index is 0.267. The Hall–Kier alpha value is -4.18. The normalized spacial score (nSPS) is 14.5. The summed E-state index contributed by atoms with van der Waals surface area (Å²) in [4.78, 5) is 16.8. The Morgan fingerprint density at radius 3 is 2.48 bits per heavy atom. The van der Waals surface area contributed by atoms with Crippen LogP contribution in [-0.2, 0) is 16.1 Å². The van der Waals surface area contributed by atoms with Gasteiger partial charge in [-0.25, -0.2) is 9.79 Å². The molecule has 0 radical (unpaired) electrons. The number of ether oxygens (including phenoxy) is 2. The summed E-state index contributed by atoms with van der Waals surface area (Å²) >= 11 is 0. The van der Waals surface area contributed by atoms with Gasteiger partial charge in [-0.1, -0.05) is 72.8 Å². The average molecular weight is 405 g/mol. The molecule has 150 valence electrons. The quantitative estimate of drug-likeness (QED) is 0.313. The van der Waals surface area contributed by atoms with E-state index in [1.807, 2.05) is 97.1 Å². The Bertz CT molecular complexity index is 1320. The molecule has 0 aliphatic carbocycles. The van der Waals surface area contributed by atoms with Gasteiger partial charge in [-0.2, -0.15) is 0 Å². The Labute approximate surface area is 180 Å². The monoisotopic (exact) mass is 405 g/mol. The van der Waals surface area contributed by atoms with Crippen LogP contribution in [0.3, 0.4) is 0 Å². The van der Waals surface area contributed by atoms with E-state index in [1.54, 1.807) is 6.08 Å². The maximum Gasteiger partial charge on any atom is 0.363 e. The third-order valence-electron chi connectivity index (χ3n) is 5.03. The molecule has 0 saturated heterocycles. The minimum atomic E-state index is -0.459. The summed E-state index contributed by atoms with van der Waals surface area (Å²) in [6.07, 6.45) is 1.71. The summed E-state index contributed by atoms with van der Waals surface area (Å²) in [5, 5.41) is 2.19. The summed E-state index contributed by atoms with van der Waals surface area (Å²) in [6, 6.07) is 31.5. The molecule has 0 spiro atoms. The van der Waals surface area contributed by atoms with Crippen LogP contribution in [0.1, 0.15) is 16.7 Å². The van der Waals surface area contributed by atoms with E-state index in [2.05, 4.69) is 4.99 Å². The summed E-state index contributed by atoms with van der Waals surface area (Å²) in [5.41, 5.74) is 2.95. The van der Waals surface area contributed by atoms with Gasteiger partial charge in [0.25, 0.3) is 0 Å². The van der Waals surface area contributed by atoms with Gasteiger partial charge in [-0.3, -0.25) is 0 Å². The minimum Gasteiger partial charge on any atom is -0.489 e. The summed E-state index contributed by atoms with van der Waals surface area (Å²) in [7, 11) is 0. The second-order valence-corrected chi connectivity index (χ2v) is 7.24. The Balaban J connectivity index is 1.37. The van der Waals surface area contributed by atoms with E-state index in [9.17, 15) is 4.79 Å². The number of carbonyl (C=O) groups excluding carboxylic acids is 1. The maximum atomic E-state index is 12.4. The molecule has 0 fully saturated rings. The van der Waals surface area contributed by atoms with Gasteiger partial charge in [0.2, 0.25) is 5.90 Å². The molecular weight excluding hydrogens is 386 g/mol. The van der Waals surface area contributed by atoms with Crippen molar-refractivity contribution in [3.05, 3.63) is 119 Å². The Morgan fingerprint density at radius 2 is 1.61 bits per heavy atom. The first-order chi connectivity index (χ1) is 15.2. The van der Waals surface area contributed by atoms with Gasteiger partial charge in [0.05, 0.1) is 0 Å². The van der Waals surface area contributed by atoms with Crippen molar-refractivity contribution in [2.75, 3.05) is 0 Å². The SMILES string of the molecule is O=C1OC(c2ccc3ccccc3c2)=NC1=Cc1cccc(OCc2ccccc2)c1. The lowest BCUT2D eigenvalue weighted by atomic mass is 10.1. The first-order valence-electron chi connectivity index (χ1n) is 10.0. The largest absolute Gasteiger partial charge is 0.489 e. The molecule has 0 unspecified atom stereocenters. The molecule has 1 aliphatic rings. The Kier molecular flexibility index (Phi) is 5.03. The van der Waals surface area contributed by atoms with Crippen molar-refractivity contribution >= 4 is 28.7 Å². The number of hydrogen-bond donors (Lipinski definition) is 0. The maximum absolute atomic E-state index is 12.4. The highest BCUT2D eigenvalue weighted by atomic mass is 16.6. The van der Waals surface area contributed by atoms with E-state index < -0.39 is 5.97 Å². The lowest BCUT2D eigenvalue weighted by molar-refractivity contribution is -0.129. The van der Waals surface area contributed by atoms with Crippen LogP contribution >= 0.6 is 0 Å². The number of aliphatic imine (C=N–C) groups is 1. The molecule has 4 nitrogen and oxygen atoms in total. The average Bonchev–Trinajstić information content (AvgIpc) is 3.18. The molecular formula is C27H19NO3. The molecule has 31 heavy (non-hydrogen) atoms. The van der Waals surface area contributed by atoms with E-state index >= 15 is 0 Å². The number of benzene rings is 4. The van der Waals surface area contributed by atoms with Gasteiger partial charge >= 0.3 is 5.97 Å². The lowest BCUT2D eigenvalue weighted by Gasteiger charge is -2.07. The molecule has 0 amide bonds. The molecule has 0 saturated carbocycles. The summed E-state index contributed by atoms with van der Waals surface area (Å²) in [5.74, 6) is 0.584. The van der Waals surface area contributed by atoms with E-state index in [0.29, 0.717) is 12.5 Å². The van der Waals surface area contributed by atoms with E-state index in [1.165, 1.54) is 0 Å². The lowest BCUT2D eigenvalue weighted by Crippen LogP contribution is -2.05. The number of esters is 1. The summed E-state index contributed by atoms with van der Waals surface area (Å²) in [6.45, 7) is 0.479. The molecule has 0 aromatic heterocycles. The molecule has 0 bridgehead atoms. The fraction of sp³-hybridized carbons (Fsp3) is 0.0370. The van der Waals surface area contributed by atoms with Gasteiger partial charge in [0.15, 0.2) is 5.70 Å². The molecule has 4 aromatic rings. The van der Waals surface area contributed by atoms with Gasteiger partial charge in [0.1, 0.15) is 12.4 Å². The third-order valence-corrected chi connectivity index (χ3v) is 5.03. The fourth-order valence-corrected chi connectivity index (χ4v) is 3.45.